The normalized spacial score (nSPS) is 11.4. The lowest BCUT2D eigenvalue weighted by atomic mass is 10.2. The van der Waals surface area contributed by atoms with Crippen LogP contribution in [-0.2, 0) is 9.53 Å². The minimum Gasteiger partial charge on any atom is -0.449 e. The third kappa shape index (κ3) is 5.10. The molecule has 3 aromatic rings. The molecule has 8 nitrogen and oxygen atoms in total. The minimum absolute atomic E-state index is 0.187. The third-order valence-corrected chi connectivity index (χ3v) is 5.64. The number of esters is 1. The fraction of sp³-hybridized carbons (Fsp3) is 0.100. The molecule has 0 aliphatic carbocycles. The summed E-state index contributed by atoms with van der Waals surface area (Å²) in [6.45, 7) is 1.42. The summed E-state index contributed by atoms with van der Waals surface area (Å²) in [6, 6.07) is 11.1. The molecule has 0 saturated heterocycles. The lowest BCUT2D eigenvalue weighted by molar-refractivity contribution is -0.123. The molecule has 1 unspecified atom stereocenters. The maximum Gasteiger partial charge on any atom is 0.338 e. The average molecular weight is 444 g/mol. The molecule has 10 heteroatoms. The maximum atomic E-state index is 12.3. The second-order valence-electron chi connectivity index (χ2n) is 6.07. The number of carbonyl (C=O) groups excluding carboxylic acids is 4. The fourth-order valence-electron chi connectivity index (χ4n) is 2.39. The van der Waals surface area contributed by atoms with Crippen LogP contribution in [0, 0.1) is 0 Å². The second kappa shape index (κ2) is 9.33. The zero-order chi connectivity index (χ0) is 21.7. The first-order valence-corrected chi connectivity index (χ1v) is 10.4. The van der Waals surface area contributed by atoms with E-state index in [9.17, 15) is 19.2 Å². The summed E-state index contributed by atoms with van der Waals surface area (Å²) < 4.78 is 5.18. The van der Waals surface area contributed by atoms with Gasteiger partial charge in [-0.15, -0.1) is 22.7 Å². The molecule has 0 spiro atoms. The standard InChI is InChI=1S/C20H17N3O5S2/c1-11(17(25)23-19-14(16(21)24)8-10-30-19)28-20(27)12-4-6-13(7-5-12)22-18(26)15-3-2-9-29-15/h2-11H,1H3,(H2,21,24)(H,22,26)(H,23,25). The van der Waals surface area contributed by atoms with Gasteiger partial charge in [-0.05, 0) is 54.1 Å². The van der Waals surface area contributed by atoms with E-state index >= 15 is 0 Å². The Labute approximate surface area is 179 Å². The molecule has 2 aromatic heterocycles. The van der Waals surface area contributed by atoms with Crippen molar-refractivity contribution in [3.8, 4) is 0 Å². The molecule has 0 saturated carbocycles. The van der Waals surface area contributed by atoms with Gasteiger partial charge in [0.25, 0.3) is 17.7 Å². The highest BCUT2D eigenvalue weighted by Gasteiger charge is 2.21. The number of thiophene rings is 2. The molecule has 4 N–H and O–H groups in total. The van der Waals surface area contributed by atoms with Crippen LogP contribution >= 0.6 is 22.7 Å². The zero-order valence-electron chi connectivity index (χ0n) is 15.7. The van der Waals surface area contributed by atoms with Crippen molar-refractivity contribution in [3.05, 3.63) is 69.2 Å². The highest BCUT2D eigenvalue weighted by Crippen LogP contribution is 2.23. The molecule has 3 rings (SSSR count). The summed E-state index contributed by atoms with van der Waals surface area (Å²) in [5.41, 5.74) is 6.17. The molecule has 1 aromatic carbocycles. The molecular weight excluding hydrogens is 426 g/mol. The number of amides is 3. The Bertz CT molecular complexity index is 1070. The topological polar surface area (TPSA) is 128 Å². The van der Waals surface area contributed by atoms with E-state index in [0.717, 1.165) is 11.3 Å². The van der Waals surface area contributed by atoms with E-state index in [0.29, 0.717) is 15.6 Å². The van der Waals surface area contributed by atoms with Crippen molar-refractivity contribution in [1.82, 2.24) is 0 Å². The van der Waals surface area contributed by atoms with Crippen molar-refractivity contribution in [3.63, 3.8) is 0 Å². The quantitative estimate of drug-likeness (QED) is 0.483. The fourth-order valence-corrected chi connectivity index (χ4v) is 3.80. The Kier molecular flexibility index (Phi) is 6.60. The van der Waals surface area contributed by atoms with E-state index in [1.54, 1.807) is 35.0 Å². The summed E-state index contributed by atoms with van der Waals surface area (Å²) in [6.07, 6.45) is -1.10. The molecule has 154 valence electrons. The van der Waals surface area contributed by atoms with Crippen LogP contribution in [0.15, 0.2) is 53.2 Å². The number of anilines is 2. The van der Waals surface area contributed by atoms with Crippen LogP contribution < -0.4 is 16.4 Å². The van der Waals surface area contributed by atoms with Gasteiger partial charge < -0.3 is 21.1 Å². The van der Waals surface area contributed by atoms with Gasteiger partial charge in [-0.2, -0.15) is 0 Å². The molecular formula is C20H17N3O5S2. The monoisotopic (exact) mass is 443 g/mol. The summed E-state index contributed by atoms with van der Waals surface area (Å²) in [5, 5.41) is 8.97. The average Bonchev–Trinajstić information content (AvgIpc) is 3.40. The first kappa shape index (κ1) is 21.2. The van der Waals surface area contributed by atoms with Gasteiger partial charge in [0.2, 0.25) is 0 Å². The Morgan fingerprint density at radius 2 is 1.70 bits per heavy atom. The molecule has 0 bridgehead atoms. The van der Waals surface area contributed by atoms with Gasteiger partial charge in [0, 0.05) is 5.69 Å². The number of carbonyl (C=O) groups is 4. The van der Waals surface area contributed by atoms with Crippen molar-refractivity contribution < 1.29 is 23.9 Å². The number of rotatable bonds is 7. The highest BCUT2D eigenvalue weighted by atomic mass is 32.1. The second-order valence-corrected chi connectivity index (χ2v) is 7.94. The third-order valence-electron chi connectivity index (χ3n) is 3.94. The van der Waals surface area contributed by atoms with Crippen LogP contribution in [0.25, 0.3) is 0 Å². The molecule has 2 heterocycles. The molecule has 1 atom stereocenters. The summed E-state index contributed by atoms with van der Waals surface area (Å²) >= 11 is 2.46. The van der Waals surface area contributed by atoms with Gasteiger partial charge in [-0.25, -0.2) is 4.79 Å². The van der Waals surface area contributed by atoms with Gasteiger partial charge in [-0.3, -0.25) is 14.4 Å². The molecule has 0 radical (unpaired) electrons. The number of ether oxygens (including phenoxy) is 1. The highest BCUT2D eigenvalue weighted by molar-refractivity contribution is 7.14. The predicted octanol–water partition coefficient (Wildman–Crippen LogP) is 3.34. The van der Waals surface area contributed by atoms with E-state index in [4.69, 9.17) is 10.5 Å². The first-order chi connectivity index (χ1) is 14.3. The Morgan fingerprint density at radius 3 is 2.33 bits per heavy atom. The first-order valence-electron chi connectivity index (χ1n) is 8.69. The van der Waals surface area contributed by atoms with E-state index in [-0.39, 0.29) is 17.0 Å². The number of benzene rings is 1. The van der Waals surface area contributed by atoms with E-state index < -0.39 is 23.9 Å². The van der Waals surface area contributed by atoms with Crippen LogP contribution in [0.2, 0.25) is 0 Å². The largest absolute Gasteiger partial charge is 0.449 e. The lowest BCUT2D eigenvalue weighted by Crippen LogP contribution is -2.30. The smallest absolute Gasteiger partial charge is 0.338 e. The zero-order valence-corrected chi connectivity index (χ0v) is 17.3. The molecule has 0 aliphatic heterocycles. The van der Waals surface area contributed by atoms with Gasteiger partial charge in [0.1, 0.15) is 5.00 Å². The van der Waals surface area contributed by atoms with E-state index in [1.807, 2.05) is 0 Å². The number of hydrogen-bond acceptors (Lipinski definition) is 7. The molecule has 30 heavy (non-hydrogen) atoms. The van der Waals surface area contributed by atoms with E-state index in [1.165, 1.54) is 36.5 Å². The number of nitrogens with two attached hydrogens (primary N) is 1. The van der Waals surface area contributed by atoms with Gasteiger partial charge in [0.15, 0.2) is 6.10 Å². The van der Waals surface area contributed by atoms with Crippen LogP contribution in [0.4, 0.5) is 10.7 Å². The lowest BCUT2D eigenvalue weighted by Gasteiger charge is -2.13. The van der Waals surface area contributed by atoms with Gasteiger partial charge >= 0.3 is 5.97 Å². The maximum absolute atomic E-state index is 12.3. The number of nitrogens with one attached hydrogen (secondary N) is 2. The number of primary amides is 1. The minimum atomic E-state index is -1.10. The molecule has 0 fully saturated rings. The van der Waals surface area contributed by atoms with Crippen LogP contribution in [0.5, 0.6) is 0 Å². The van der Waals surface area contributed by atoms with Gasteiger partial charge in [0.05, 0.1) is 16.0 Å². The van der Waals surface area contributed by atoms with Crippen LogP contribution in [-0.4, -0.2) is 29.8 Å². The van der Waals surface area contributed by atoms with Gasteiger partial charge in [-0.1, -0.05) is 6.07 Å². The molecule has 0 aliphatic rings. The Hall–Kier alpha value is -3.50. The summed E-state index contributed by atoms with van der Waals surface area (Å²) in [7, 11) is 0. The van der Waals surface area contributed by atoms with E-state index in [2.05, 4.69) is 10.6 Å². The van der Waals surface area contributed by atoms with Crippen LogP contribution in [0.3, 0.4) is 0 Å². The SMILES string of the molecule is CC(OC(=O)c1ccc(NC(=O)c2cccs2)cc1)C(=O)Nc1sccc1C(N)=O. The Balaban J connectivity index is 1.57. The summed E-state index contributed by atoms with van der Waals surface area (Å²) in [5.74, 6) is -2.19. The van der Waals surface area contributed by atoms with Crippen molar-refractivity contribution >= 4 is 57.1 Å². The van der Waals surface area contributed by atoms with Crippen molar-refractivity contribution in [1.29, 1.82) is 0 Å². The Morgan fingerprint density at radius 1 is 0.967 bits per heavy atom. The van der Waals surface area contributed by atoms with Crippen molar-refractivity contribution in [2.75, 3.05) is 10.6 Å². The number of hydrogen-bond donors (Lipinski definition) is 3. The summed E-state index contributed by atoms with van der Waals surface area (Å²) in [4.78, 5) is 48.5. The molecule has 3 amide bonds. The predicted molar refractivity (Wildman–Crippen MR) is 115 cm³/mol. The van der Waals surface area contributed by atoms with Crippen molar-refractivity contribution in [2.24, 2.45) is 5.73 Å². The van der Waals surface area contributed by atoms with Crippen LogP contribution in [0.1, 0.15) is 37.3 Å². The van der Waals surface area contributed by atoms with Crippen molar-refractivity contribution in [2.45, 2.75) is 13.0 Å².